The number of hydrogen-bond acceptors (Lipinski definition) is 4. The summed E-state index contributed by atoms with van der Waals surface area (Å²) in [6.45, 7) is 0.378. The Labute approximate surface area is 149 Å². The van der Waals surface area contributed by atoms with Crippen molar-refractivity contribution in [3.63, 3.8) is 0 Å². The van der Waals surface area contributed by atoms with Crippen molar-refractivity contribution >= 4 is 27.9 Å². The summed E-state index contributed by atoms with van der Waals surface area (Å²) in [5, 5.41) is 5.22. The SMILES string of the molecule is O=C(Cn1c(=O)oc2cccnc21)NCCc1cccc2ccccc12. The molecule has 0 saturated heterocycles. The Morgan fingerprint density at radius 3 is 2.85 bits per heavy atom. The Kier molecular flexibility index (Phi) is 4.23. The number of oxazole rings is 1. The third kappa shape index (κ3) is 3.09. The standard InChI is InChI=1S/C20H17N3O3/c24-18(13-23-19-17(26-20(23)25)9-4-11-22-19)21-12-10-15-7-3-6-14-5-1-2-8-16(14)15/h1-9,11H,10,12-13H2,(H,21,24). The summed E-state index contributed by atoms with van der Waals surface area (Å²) in [5.74, 6) is -0.830. The van der Waals surface area contributed by atoms with Gasteiger partial charge in [0, 0.05) is 12.7 Å². The zero-order valence-corrected chi connectivity index (χ0v) is 14.0. The summed E-state index contributed by atoms with van der Waals surface area (Å²) in [5.41, 5.74) is 1.93. The molecule has 6 nitrogen and oxygen atoms in total. The van der Waals surface area contributed by atoms with Gasteiger partial charge in [-0.1, -0.05) is 42.5 Å². The van der Waals surface area contributed by atoms with E-state index in [0.29, 0.717) is 24.2 Å². The van der Waals surface area contributed by atoms with Crippen LogP contribution in [0.15, 0.2) is 70.0 Å². The van der Waals surface area contributed by atoms with E-state index in [1.54, 1.807) is 18.3 Å². The van der Waals surface area contributed by atoms with Crippen LogP contribution in [0.2, 0.25) is 0 Å². The molecule has 2 aromatic carbocycles. The summed E-state index contributed by atoms with van der Waals surface area (Å²) < 4.78 is 6.33. The summed E-state index contributed by atoms with van der Waals surface area (Å²) in [7, 11) is 0. The van der Waals surface area contributed by atoms with Crippen LogP contribution in [0.4, 0.5) is 0 Å². The number of rotatable bonds is 5. The lowest BCUT2D eigenvalue weighted by Crippen LogP contribution is -2.32. The van der Waals surface area contributed by atoms with E-state index < -0.39 is 5.76 Å². The van der Waals surface area contributed by atoms with Gasteiger partial charge in [0.15, 0.2) is 11.2 Å². The highest BCUT2D eigenvalue weighted by molar-refractivity contribution is 5.85. The third-order valence-electron chi connectivity index (χ3n) is 4.32. The number of amides is 1. The first-order valence-corrected chi connectivity index (χ1v) is 8.40. The first kappa shape index (κ1) is 16.1. The van der Waals surface area contributed by atoms with Gasteiger partial charge in [-0.05, 0) is 34.9 Å². The van der Waals surface area contributed by atoms with Crippen molar-refractivity contribution in [1.29, 1.82) is 0 Å². The predicted molar refractivity (Wildman–Crippen MR) is 98.9 cm³/mol. The highest BCUT2D eigenvalue weighted by Crippen LogP contribution is 2.18. The number of nitrogens with zero attached hydrogens (tertiary/aromatic N) is 2. The van der Waals surface area contributed by atoms with Gasteiger partial charge in [-0.3, -0.25) is 4.79 Å². The number of aromatic nitrogens is 2. The quantitative estimate of drug-likeness (QED) is 0.602. The molecule has 2 aromatic heterocycles. The van der Waals surface area contributed by atoms with E-state index in [9.17, 15) is 9.59 Å². The molecule has 0 spiro atoms. The summed E-state index contributed by atoms with van der Waals surface area (Å²) >= 11 is 0. The van der Waals surface area contributed by atoms with Gasteiger partial charge < -0.3 is 9.73 Å². The normalized spacial score (nSPS) is 11.1. The maximum Gasteiger partial charge on any atom is 0.421 e. The maximum atomic E-state index is 12.2. The van der Waals surface area contributed by atoms with E-state index in [0.717, 1.165) is 0 Å². The van der Waals surface area contributed by atoms with Crippen molar-refractivity contribution in [1.82, 2.24) is 14.9 Å². The second-order valence-electron chi connectivity index (χ2n) is 6.02. The van der Waals surface area contributed by atoms with Crippen molar-refractivity contribution in [3.05, 3.63) is 76.9 Å². The molecular weight excluding hydrogens is 330 g/mol. The van der Waals surface area contributed by atoms with E-state index in [-0.39, 0.29) is 12.5 Å². The maximum absolute atomic E-state index is 12.2. The van der Waals surface area contributed by atoms with Crippen LogP contribution in [0.5, 0.6) is 0 Å². The van der Waals surface area contributed by atoms with Gasteiger partial charge in [0.1, 0.15) is 6.54 Å². The fraction of sp³-hybridized carbons (Fsp3) is 0.150. The molecule has 6 heteroatoms. The predicted octanol–water partition coefficient (Wildman–Crippen LogP) is 2.50. The molecule has 4 rings (SSSR count). The number of carbonyl (C=O) groups excluding carboxylic acids is 1. The first-order valence-electron chi connectivity index (χ1n) is 8.40. The Hall–Kier alpha value is -3.41. The average Bonchev–Trinajstić information content (AvgIpc) is 2.97. The van der Waals surface area contributed by atoms with Crippen LogP contribution in [0, 0.1) is 0 Å². The van der Waals surface area contributed by atoms with Gasteiger partial charge in [-0.2, -0.15) is 0 Å². The topological polar surface area (TPSA) is 77.1 Å². The summed E-state index contributed by atoms with van der Waals surface area (Å²) in [6, 6.07) is 17.6. The van der Waals surface area contributed by atoms with Crippen LogP contribution in [0.3, 0.4) is 0 Å². The Bertz CT molecular complexity index is 1140. The molecule has 0 saturated carbocycles. The molecule has 2 heterocycles. The third-order valence-corrected chi connectivity index (χ3v) is 4.32. The van der Waals surface area contributed by atoms with Gasteiger partial charge in [-0.15, -0.1) is 0 Å². The van der Waals surface area contributed by atoms with Crippen LogP contribution in [-0.2, 0) is 17.8 Å². The minimum Gasteiger partial charge on any atom is -0.406 e. The molecule has 0 bridgehead atoms. The van der Waals surface area contributed by atoms with Gasteiger partial charge >= 0.3 is 5.76 Å². The van der Waals surface area contributed by atoms with Crippen LogP contribution < -0.4 is 11.1 Å². The fourth-order valence-corrected chi connectivity index (χ4v) is 3.09. The second kappa shape index (κ2) is 6.84. The monoisotopic (exact) mass is 347 g/mol. The zero-order valence-electron chi connectivity index (χ0n) is 14.0. The molecule has 0 fully saturated rings. The molecule has 130 valence electrons. The Morgan fingerprint density at radius 2 is 1.92 bits per heavy atom. The molecule has 26 heavy (non-hydrogen) atoms. The Morgan fingerprint density at radius 1 is 1.08 bits per heavy atom. The lowest BCUT2D eigenvalue weighted by molar-refractivity contribution is -0.121. The summed E-state index contributed by atoms with van der Waals surface area (Å²) in [4.78, 5) is 28.2. The molecular formula is C20H17N3O3. The minimum atomic E-state index is -0.581. The molecule has 4 aromatic rings. The van der Waals surface area contributed by atoms with Gasteiger partial charge in [-0.25, -0.2) is 14.3 Å². The summed E-state index contributed by atoms with van der Waals surface area (Å²) in [6.07, 6.45) is 2.28. The average molecular weight is 347 g/mol. The van der Waals surface area contributed by atoms with Gasteiger partial charge in [0.25, 0.3) is 0 Å². The number of fused-ring (bicyclic) bond motifs is 2. The smallest absolute Gasteiger partial charge is 0.406 e. The first-order chi connectivity index (χ1) is 12.7. The molecule has 0 unspecified atom stereocenters. The molecule has 0 radical (unpaired) electrons. The van der Waals surface area contributed by atoms with Crippen LogP contribution in [0.1, 0.15) is 5.56 Å². The van der Waals surface area contributed by atoms with E-state index in [4.69, 9.17) is 4.42 Å². The molecule has 0 aliphatic heterocycles. The van der Waals surface area contributed by atoms with Crippen molar-refractivity contribution in [2.24, 2.45) is 0 Å². The van der Waals surface area contributed by atoms with E-state index >= 15 is 0 Å². The zero-order chi connectivity index (χ0) is 17.9. The van der Waals surface area contributed by atoms with Gasteiger partial charge in [0.2, 0.25) is 5.91 Å². The van der Waals surface area contributed by atoms with Crippen molar-refractivity contribution in [2.75, 3.05) is 6.54 Å². The number of carbonyl (C=O) groups is 1. The minimum absolute atomic E-state index is 0.113. The van der Waals surface area contributed by atoms with Crippen molar-refractivity contribution in [2.45, 2.75) is 13.0 Å². The molecule has 0 aliphatic carbocycles. The lowest BCUT2D eigenvalue weighted by atomic mass is 10.0. The number of benzene rings is 2. The number of nitrogens with one attached hydrogen (secondary N) is 1. The highest BCUT2D eigenvalue weighted by Gasteiger charge is 2.13. The number of hydrogen-bond donors (Lipinski definition) is 1. The van der Waals surface area contributed by atoms with Gasteiger partial charge in [0.05, 0.1) is 0 Å². The highest BCUT2D eigenvalue weighted by atomic mass is 16.4. The largest absolute Gasteiger partial charge is 0.421 e. The molecule has 1 amide bonds. The van der Waals surface area contributed by atoms with Crippen LogP contribution in [0.25, 0.3) is 22.0 Å². The Balaban J connectivity index is 1.42. The van der Waals surface area contributed by atoms with Crippen LogP contribution >= 0.6 is 0 Å². The van der Waals surface area contributed by atoms with Crippen molar-refractivity contribution < 1.29 is 9.21 Å². The number of pyridine rings is 1. The molecule has 0 aliphatic rings. The van der Waals surface area contributed by atoms with Crippen molar-refractivity contribution in [3.8, 4) is 0 Å². The van der Waals surface area contributed by atoms with E-state index in [1.165, 1.54) is 20.9 Å². The second-order valence-corrected chi connectivity index (χ2v) is 6.02. The molecule has 1 N–H and O–H groups in total. The van der Waals surface area contributed by atoms with Crippen LogP contribution in [-0.4, -0.2) is 22.0 Å². The van der Waals surface area contributed by atoms with E-state index in [2.05, 4.69) is 34.6 Å². The van der Waals surface area contributed by atoms with E-state index in [1.807, 2.05) is 18.2 Å². The lowest BCUT2D eigenvalue weighted by Gasteiger charge is -2.08. The molecule has 0 atom stereocenters. The fourth-order valence-electron chi connectivity index (χ4n) is 3.09.